The number of ether oxygens (including phenoxy) is 2. The summed E-state index contributed by atoms with van der Waals surface area (Å²) in [5.41, 5.74) is 0.175. The maximum absolute atomic E-state index is 12.0. The third kappa shape index (κ3) is 5.07. The highest BCUT2D eigenvalue weighted by Crippen LogP contribution is 2.12. The summed E-state index contributed by atoms with van der Waals surface area (Å²) in [4.78, 5) is 12.0. The molecule has 0 bridgehead atoms. The molecule has 0 atom stereocenters. The lowest BCUT2D eigenvalue weighted by Crippen LogP contribution is -2.23. The van der Waals surface area contributed by atoms with Crippen molar-refractivity contribution in [2.24, 2.45) is 0 Å². The zero-order chi connectivity index (χ0) is 17.4. The van der Waals surface area contributed by atoms with Crippen LogP contribution in [0, 0.1) is 0 Å². The van der Waals surface area contributed by atoms with Crippen molar-refractivity contribution in [1.82, 2.24) is 4.72 Å². The molecule has 0 aliphatic carbocycles. The monoisotopic (exact) mass is 349 g/mol. The molecule has 1 N–H and O–H groups in total. The van der Waals surface area contributed by atoms with Gasteiger partial charge in [-0.15, -0.1) is 0 Å². The van der Waals surface area contributed by atoms with E-state index in [0.717, 1.165) is 0 Å². The molecular weight excluding hydrogens is 330 g/mol. The van der Waals surface area contributed by atoms with Crippen LogP contribution in [0.4, 0.5) is 0 Å². The number of carbonyl (C=O) groups is 1. The maximum Gasteiger partial charge on any atom is 0.338 e. The standard InChI is InChI=1S/C17H19NO5S/c1-2-18-24(20,21)16-10-6-7-14(13-16)17(19)23-12-11-22-15-8-4-3-5-9-15/h3-10,13,18H,2,11-12H2,1H3. The normalized spacial score (nSPS) is 11.0. The quantitative estimate of drug-likeness (QED) is 0.584. The molecule has 0 unspecified atom stereocenters. The van der Waals surface area contributed by atoms with Crippen molar-refractivity contribution in [1.29, 1.82) is 0 Å². The van der Waals surface area contributed by atoms with Gasteiger partial charge in [0.15, 0.2) is 0 Å². The Hall–Kier alpha value is -2.38. The fourth-order valence-corrected chi connectivity index (χ4v) is 3.04. The van der Waals surface area contributed by atoms with Crippen molar-refractivity contribution < 1.29 is 22.7 Å². The molecule has 0 saturated heterocycles. The summed E-state index contributed by atoms with van der Waals surface area (Å²) in [6.45, 7) is 2.24. The molecule has 2 rings (SSSR count). The summed E-state index contributed by atoms with van der Waals surface area (Å²) in [7, 11) is -3.61. The molecule has 0 radical (unpaired) electrons. The van der Waals surface area contributed by atoms with Gasteiger partial charge in [0, 0.05) is 6.54 Å². The molecule has 128 valence electrons. The predicted octanol–water partition coefficient (Wildman–Crippen LogP) is 2.22. The highest BCUT2D eigenvalue weighted by Gasteiger charge is 2.15. The molecular formula is C17H19NO5S. The predicted molar refractivity (Wildman–Crippen MR) is 89.5 cm³/mol. The van der Waals surface area contributed by atoms with Gasteiger partial charge in [-0.1, -0.05) is 31.2 Å². The van der Waals surface area contributed by atoms with Crippen molar-refractivity contribution in [3.8, 4) is 5.75 Å². The van der Waals surface area contributed by atoms with Crippen LogP contribution in [-0.2, 0) is 14.8 Å². The van der Waals surface area contributed by atoms with Crippen LogP contribution in [0.15, 0.2) is 59.5 Å². The van der Waals surface area contributed by atoms with Crippen LogP contribution in [0.25, 0.3) is 0 Å². The first kappa shape index (κ1) is 18.0. The summed E-state index contributed by atoms with van der Waals surface area (Å²) in [6, 6.07) is 14.9. The minimum Gasteiger partial charge on any atom is -0.490 e. The number of hydrogen-bond acceptors (Lipinski definition) is 5. The van der Waals surface area contributed by atoms with E-state index in [0.29, 0.717) is 5.75 Å². The summed E-state index contributed by atoms with van der Waals surface area (Å²) in [6.07, 6.45) is 0. The molecule has 24 heavy (non-hydrogen) atoms. The van der Waals surface area contributed by atoms with Crippen molar-refractivity contribution in [3.05, 3.63) is 60.2 Å². The lowest BCUT2D eigenvalue weighted by Gasteiger charge is -2.09. The number of benzene rings is 2. The molecule has 2 aromatic carbocycles. The summed E-state index contributed by atoms with van der Waals surface area (Å²) in [5.74, 6) is 0.0903. The number of hydrogen-bond donors (Lipinski definition) is 1. The second kappa shape index (κ2) is 8.47. The number of para-hydroxylation sites is 1. The van der Waals surface area contributed by atoms with Crippen LogP contribution in [0.2, 0.25) is 0 Å². The third-order valence-electron chi connectivity index (χ3n) is 3.04. The Morgan fingerprint density at radius 1 is 1.04 bits per heavy atom. The van der Waals surface area contributed by atoms with Gasteiger partial charge in [0.2, 0.25) is 10.0 Å². The van der Waals surface area contributed by atoms with Gasteiger partial charge >= 0.3 is 5.97 Å². The van der Waals surface area contributed by atoms with Crippen molar-refractivity contribution >= 4 is 16.0 Å². The van der Waals surface area contributed by atoms with E-state index in [1.54, 1.807) is 19.1 Å². The Kier molecular flexibility index (Phi) is 6.34. The summed E-state index contributed by atoms with van der Waals surface area (Å²) < 4.78 is 36.8. The Morgan fingerprint density at radius 3 is 2.50 bits per heavy atom. The highest BCUT2D eigenvalue weighted by molar-refractivity contribution is 7.89. The number of sulfonamides is 1. The van der Waals surface area contributed by atoms with Crippen LogP contribution in [-0.4, -0.2) is 34.1 Å². The lowest BCUT2D eigenvalue weighted by molar-refractivity contribution is 0.0450. The van der Waals surface area contributed by atoms with Gasteiger partial charge in [-0.2, -0.15) is 0 Å². The molecule has 7 heteroatoms. The van der Waals surface area contributed by atoms with Crippen LogP contribution in [0.5, 0.6) is 5.75 Å². The fourth-order valence-electron chi connectivity index (χ4n) is 1.96. The van der Waals surface area contributed by atoms with E-state index < -0.39 is 16.0 Å². The van der Waals surface area contributed by atoms with E-state index in [2.05, 4.69) is 4.72 Å². The van der Waals surface area contributed by atoms with Crippen LogP contribution in [0.3, 0.4) is 0 Å². The third-order valence-corrected chi connectivity index (χ3v) is 4.59. The smallest absolute Gasteiger partial charge is 0.338 e. The molecule has 6 nitrogen and oxygen atoms in total. The maximum atomic E-state index is 12.0. The first-order chi connectivity index (χ1) is 11.5. The lowest BCUT2D eigenvalue weighted by atomic mass is 10.2. The number of esters is 1. The van der Waals surface area contributed by atoms with Gasteiger partial charge in [-0.05, 0) is 30.3 Å². The molecule has 0 aliphatic heterocycles. The number of carbonyl (C=O) groups excluding carboxylic acids is 1. The molecule has 0 aromatic heterocycles. The highest BCUT2D eigenvalue weighted by atomic mass is 32.2. The topological polar surface area (TPSA) is 81.7 Å². The Labute approximate surface area is 141 Å². The van der Waals surface area contributed by atoms with E-state index in [9.17, 15) is 13.2 Å². The molecule has 0 aliphatic rings. The Morgan fingerprint density at radius 2 is 1.79 bits per heavy atom. The minimum absolute atomic E-state index is 0.0272. The van der Waals surface area contributed by atoms with Crippen molar-refractivity contribution in [2.45, 2.75) is 11.8 Å². The average molecular weight is 349 g/mol. The summed E-state index contributed by atoms with van der Waals surface area (Å²) >= 11 is 0. The van der Waals surface area contributed by atoms with Gasteiger partial charge in [0.1, 0.15) is 19.0 Å². The van der Waals surface area contributed by atoms with E-state index in [1.165, 1.54) is 24.3 Å². The largest absolute Gasteiger partial charge is 0.490 e. The van der Waals surface area contributed by atoms with Gasteiger partial charge in [0.25, 0.3) is 0 Å². The van der Waals surface area contributed by atoms with Gasteiger partial charge in [0.05, 0.1) is 10.5 Å². The molecule has 0 heterocycles. The van der Waals surface area contributed by atoms with E-state index in [1.807, 2.05) is 18.2 Å². The molecule has 0 fully saturated rings. The van der Waals surface area contributed by atoms with E-state index in [-0.39, 0.29) is 30.2 Å². The molecule has 2 aromatic rings. The second-order valence-corrected chi connectivity index (χ2v) is 6.59. The van der Waals surface area contributed by atoms with E-state index >= 15 is 0 Å². The zero-order valence-corrected chi connectivity index (χ0v) is 14.1. The second-order valence-electron chi connectivity index (χ2n) is 4.83. The fraction of sp³-hybridized carbons (Fsp3) is 0.235. The van der Waals surface area contributed by atoms with Crippen LogP contribution >= 0.6 is 0 Å². The Bertz CT molecular complexity index is 775. The van der Waals surface area contributed by atoms with Crippen LogP contribution < -0.4 is 9.46 Å². The van der Waals surface area contributed by atoms with Gasteiger partial charge in [-0.25, -0.2) is 17.9 Å². The average Bonchev–Trinajstić information content (AvgIpc) is 2.59. The van der Waals surface area contributed by atoms with Crippen LogP contribution in [0.1, 0.15) is 17.3 Å². The first-order valence-electron chi connectivity index (χ1n) is 7.47. The number of rotatable bonds is 8. The van der Waals surface area contributed by atoms with Gasteiger partial charge in [-0.3, -0.25) is 0 Å². The van der Waals surface area contributed by atoms with Crippen molar-refractivity contribution in [3.63, 3.8) is 0 Å². The molecule has 0 saturated carbocycles. The minimum atomic E-state index is -3.61. The SMILES string of the molecule is CCNS(=O)(=O)c1cccc(C(=O)OCCOc2ccccc2)c1. The molecule has 0 spiro atoms. The summed E-state index contributed by atoms with van der Waals surface area (Å²) in [5, 5.41) is 0. The number of nitrogens with one attached hydrogen (secondary N) is 1. The first-order valence-corrected chi connectivity index (χ1v) is 8.96. The Balaban J connectivity index is 1.91. The zero-order valence-electron chi connectivity index (χ0n) is 13.3. The molecule has 0 amide bonds. The van der Waals surface area contributed by atoms with E-state index in [4.69, 9.17) is 9.47 Å². The van der Waals surface area contributed by atoms with Crippen molar-refractivity contribution in [2.75, 3.05) is 19.8 Å². The van der Waals surface area contributed by atoms with Gasteiger partial charge < -0.3 is 9.47 Å².